The first-order valence-electron chi connectivity index (χ1n) is 33.4. The molecule has 3 aromatic carbocycles. The Kier molecular flexibility index (Phi) is 13.0. The van der Waals surface area contributed by atoms with Crippen LogP contribution >= 0.6 is 0 Å². The van der Waals surface area contributed by atoms with Crippen molar-refractivity contribution >= 4 is 38.6 Å². The van der Waals surface area contributed by atoms with E-state index in [2.05, 4.69) is 82.4 Å². The summed E-state index contributed by atoms with van der Waals surface area (Å²) in [6, 6.07) is 13.2. The van der Waals surface area contributed by atoms with E-state index in [1.807, 2.05) is 12.1 Å². The molecule has 4 fully saturated rings. The molecule has 6 aromatic rings. The number of aromatic amines is 1. The van der Waals surface area contributed by atoms with Gasteiger partial charge in [-0.2, -0.15) is 0 Å². The monoisotopic (exact) mass is 1230 g/mol. The van der Waals surface area contributed by atoms with E-state index in [-0.39, 0.29) is 58.5 Å². The number of carbonyl (C=O) groups excluding carboxylic acids is 1. The average Bonchev–Trinajstić information content (AvgIpc) is 1.30. The van der Waals surface area contributed by atoms with Gasteiger partial charge in [0.15, 0.2) is 22.4 Å². The summed E-state index contributed by atoms with van der Waals surface area (Å²) < 4.78 is 17.6. The van der Waals surface area contributed by atoms with Gasteiger partial charge in [-0.05, 0) is 159 Å². The molecular formula is C74H80N4O13. The number of hydrogen-bond acceptors (Lipinski definition) is 14. The van der Waals surface area contributed by atoms with Crippen molar-refractivity contribution in [3.8, 4) is 34.8 Å². The number of aliphatic hydroxyl groups excluding tert-OH is 4. The quantitative estimate of drug-likeness (QED) is 0.0370. The first-order chi connectivity index (χ1) is 43.9. The number of carbonyl (C=O) groups is 1. The number of benzene rings is 3. The summed E-state index contributed by atoms with van der Waals surface area (Å²) in [5.74, 6) is 8.01. The van der Waals surface area contributed by atoms with Crippen LogP contribution in [0.2, 0.25) is 0 Å². The largest absolute Gasteiger partial charge is 0.508 e. The van der Waals surface area contributed by atoms with Crippen molar-refractivity contribution in [2.45, 2.75) is 170 Å². The van der Waals surface area contributed by atoms with Gasteiger partial charge in [-0.3, -0.25) is 9.59 Å². The highest BCUT2D eigenvalue weighted by atomic mass is 17.2. The Bertz CT molecular complexity index is 4330. The van der Waals surface area contributed by atoms with Crippen molar-refractivity contribution in [1.82, 2.24) is 20.2 Å². The van der Waals surface area contributed by atoms with E-state index < -0.39 is 83.5 Å². The number of nitrogens with zero attached hydrogens (tertiary/aromatic N) is 1. The van der Waals surface area contributed by atoms with Crippen LogP contribution in [0.1, 0.15) is 119 Å². The number of hydrogen-bond donors (Lipinski definition) is 10. The minimum absolute atomic E-state index is 0.0753. The van der Waals surface area contributed by atoms with E-state index in [0.29, 0.717) is 101 Å². The van der Waals surface area contributed by atoms with Crippen molar-refractivity contribution in [3.63, 3.8) is 0 Å². The molecule has 16 aliphatic rings. The van der Waals surface area contributed by atoms with Crippen LogP contribution in [-0.2, 0) is 33.8 Å². The lowest BCUT2D eigenvalue weighted by Crippen LogP contribution is -2.76. The van der Waals surface area contributed by atoms with Crippen LogP contribution in [0.25, 0.3) is 38.3 Å². The predicted octanol–water partition coefficient (Wildman–Crippen LogP) is 8.51. The molecule has 2 saturated carbocycles. The summed E-state index contributed by atoms with van der Waals surface area (Å²) in [5.41, 5.74) is 0.528. The van der Waals surface area contributed by atoms with Crippen LogP contribution in [-0.4, -0.2) is 118 Å². The van der Waals surface area contributed by atoms with Gasteiger partial charge >= 0.3 is 0 Å². The highest BCUT2D eigenvalue weighted by molar-refractivity contribution is 5.94. The fourth-order valence-corrected chi connectivity index (χ4v) is 20.6. The molecule has 12 heterocycles. The second-order valence-electron chi connectivity index (χ2n) is 29.3. The third-order valence-corrected chi connectivity index (χ3v) is 25.1. The predicted molar refractivity (Wildman–Crippen MR) is 339 cm³/mol. The van der Waals surface area contributed by atoms with Gasteiger partial charge in [-0.25, -0.2) is 9.78 Å². The molecule has 91 heavy (non-hydrogen) atoms. The fraction of sp³-hybridized carbons (Fsp3) is 0.514. The Labute approximate surface area is 526 Å². The smallest absolute Gasteiger partial charge is 0.226 e. The molecule has 0 unspecified atom stereocenters. The minimum Gasteiger partial charge on any atom is -0.508 e. The zero-order valence-corrected chi connectivity index (χ0v) is 51.6. The number of piperidine rings is 1. The van der Waals surface area contributed by atoms with Gasteiger partial charge in [-0.15, -0.1) is 0 Å². The normalized spacial score (nSPS) is 36.6. The maximum absolute atomic E-state index is 15.5. The Hall–Kier alpha value is -6.98. The van der Waals surface area contributed by atoms with Crippen molar-refractivity contribution < 1.29 is 59.5 Å². The van der Waals surface area contributed by atoms with Crippen LogP contribution in [0.5, 0.6) is 17.2 Å². The zero-order valence-electron chi connectivity index (χ0n) is 51.6. The summed E-state index contributed by atoms with van der Waals surface area (Å²) in [7, 11) is 0. The van der Waals surface area contributed by atoms with E-state index in [0.717, 1.165) is 78.4 Å². The lowest BCUT2D eigenvalue weighted by molar-refractivity contribution is -0.399. The minimum atomic E-state index is -2.62. The number of phenols is 2. The average molecular weight is 1230 g/mol. The number of fused-ring (bicyclic) bond motifs is 8. The number of rotatable bonds is 9. The Balaban J connectivity index is 0.962. The molecule has 9 aliphatic heterocycles. The molecule has 3 aromatic heterocycles. The second-order valence-corrected chi connectivity index (χ2v) is 29.3. The summed E-state index contributed by atoms with van der Waals surface area (Å²) in [6.45, 7) is 5.67. The zero-order chi connectivity index (χ0) is 62.4. The number of aromatic hydroxyl groups is 2. The van der Waals surface area contributed by atoms with Crippen molar-refractivity contribution in [2.75, 3.05) is 13.2 Å². The van der Waals surface area contributed by atoms with E-state index in [4.69, 9.17) is 18.9 Å². The molecular weight excluding hydrogens is 1150 g/mol. The van der Waals surface area contributed by atoms with E-state index in [1.54, 1.807) is 25.1 Å². The van der Waals surface area contributed by atoms with Gasteiger partial charge in [0.05, 0.1) is 28.5 Å². The van der Waals surface area contributed by atoms with Crippen molar-refractivity contribution in [1.29, 1.82) is 0 Å². The number of allylic oxidation sites excluding steroid dienone is 3. The van der Waals surface area contributed by atoms with Gasteiger partial charge in [-0.1, -0.05) is 68.6 Å². The van der Waals surface area contributed by atoms with Crippen LogP contribution in [0.4, 0.5) is 0 Å². The van der Waals surface area contributed by atoms with E-state index in [1.165, 1.54) is 24.3 Å². The Morgan fingerprint density at radius 2 is 1.79 bits per heavy atom. The number of phenolic OH excluding ortho intramolecular Hbond substituents is 2. The van der Waals surface area contributed by atoms with Crippen molar-refractivity contribution in [2.24, 2.45) is 52.3 Å². The number of aryl methyl sites for hydroxylation is 2. The molecule has 1 amide bonds. The Morgan fingerprint density at radius 3 is 2.60 bits per heavy atom. The highest BCUT2D eigenvalue weighted by Gasteiger charge is 2.73. The third-order valence-electron chi connectivity index (χ3n) is 25.1. The molecule has 19 atom stereocenters. The SMILES string of the molecule is CCc1c2cc3[nH]c2cn1-c1c2c(cc4c(=O)cc(C)oc14)C[C@H]1OO[C@@H]([C@@](O)(Cc4ccc(O)c5ccc(O)cc45)[C@@H](O)[C@H](O)[C@H](O)CO)/C=C\C4=C[C@H]5[C@H]6C(=C[C@H]([C@]15O2)[C@]41CC[C@@H]2C[C@H](CC)C[C@H]2N1)C#CC[C@H]1CC[C@@]2(C[C@]14C=C[C@H]3CC4)C(=O)NC[C@@H]62. The standard InChI is InChI=1S/C74H80N4O13/c1-4-38-24-40-17-22-72(77-54(40)25-38)45-10-14-61(73(87,68(85)65(84)59(83)35-79)32-42-9-13-57(81)47-12-11-46(80)30-48(42)47)90-91-62-28-43-26-50-58(82)23-37(3)88-67(50)64-66(43)89-74(62)51(29-45)63-41(27-60(72)74)7-6-8-44-18-21-71(52(63)33-75-69(71)86)36-70(44)19-15-39(16-20-70)53-31-49-55(76-53)34-78(64)56(49)5-2/h9-15,19,23,26-27,29-31,34,38-40,44,51-52,54,59-63,65,68,76-77,79-81,83-85,87H,4-5,8,16-18,20-22,24-25,28,32-33,35-36H2,1-3H3,(H,75,86)/b14-10-/t38-,39-,40+,44-,51-,52-,54+,59+,60-,61+,62+,63+,65+,68-,70+,71-,72-,73-,74-/m0/s1. The van der Waals surface area contributed by atoms with E-state index >= 15 is 4.79 Å². The molecule has 14 bridgehead atoms. The first kappa shape index (κ1) is 57.9. The summed E-state index contributed by atoms with van der Waals surface area (Å²) in [6.07, 6.45) is 15.9. The molecule has 17 heteroatoms. The maximum atomic E-state index is 15.5. The van der Waals surface area contributed by atoms with Crippen LogP contribution in [0, 0.1) is 71.0 Å². The number of aromatic nitrogens is 2. The van der Waals surface area contributed by atoms with Crippen molar-refractivity contribution in [3.05, 3.63) is 141 Å². The second kappa shape index (κ2) is 20.5. The van der Waals surface area contributed by atoms with Gasteiger partial charge in [0.25, 0.3) is 0 Å². The topological polar surface area (TPSA) is 261 Å². The number of aliphatic hydroxyl groups is 5. The molecule has 7 aliphatic carbocycles. The number of ether oxygens (including phenoxy) is 1. The van der Waals surface area contributed by atoms with Crippen LogP contribution in [0.15, 0.2) is 112 Å². The van der Waals surface area contributed by atoms with Gasteiger partial charge in [0.2, 0.25) is 5.91 Å². The first-order valence-corrected chi connectivity index (χ1v) is 33.4. The fourth-order valence-electron chi connectivity index (χ4n) is 20.6. The molecule has 10 N–H and O–H groups in total. The number of H-pyrrole nitrogens is 1. The van der Waals surface area contributed by atoms with Gasteiger partial charge < -0.3 is 65.1 Å². The third kappa shape index (κ3) is 8.12. The lowest BCUT2D eigenvalue weighted by Gasteiger charge is -2.65. The van der Waals surface area contributed by atoms with Crippen LogP contribution in [0.3, 0.4) is 0 Å². The molecule has 2 saturated heterocycles. The Morgan fingerprint density at radius 1 is 0.923 bits per heavy atom. The van der Waals surface area contributed by atoms with Gasteiger partial charge in [0.1, 0.15) is 59.1 Å². The maximum Gasteiger partial charge on any atom is 0.226 e. The number of amides is 1. The number of nitrogens with one attached hydrogen (secondary N) is 3. The molecule has 4 spiro atoms. The molecule has 474 valence electrons. The summed E-state index contributed by atoms with van der Waals surface area (Å²) in [5, 5.41) is 91.9. The molecule has 0 radical (unpaired) electrons. The molecule has 17 nitrogen and oxygen atoms in total. The van der Waals surface area contributed by atoms with Crippen LogP contribution < -0.4 is 20.8 Å². The molecule has 22 rings (SSSR count). The van der Waals surface area contributed by atoms with E-state index in [9.17, 15) is 40.5 Å². The summed E-state index contributed by atoms with van der Waals surface area (Å²) >= 11 is 0. The highest BCUT2D eigenvalue weighted by Crippen LogP contribution is 2.68. The van der Waals surface area contributed by atoms with Gasteiger partial charge in [0, 0.05) is 101 Å². The lowest BCUT2D eigenvalue weighted by atomic mass is 9.44. The summed E-state index contributed by atoms with van der Waals surface area (Å²) in [4.78, 5) is 48.4.